The molecule has 0 atom stereocenters. The smallest absolute Gasteiger partial charge is 0.417 e. The van der Waals surface area contributed by atoms with Crippen LogP contribution in [0.4, 0.5) is 35.9 Å². The second kappa shape index (κ2) is 14.4. The Labute approximate surface area is 358 Å². The number of alkyl halides is 3. The minimum absolute atomic E-state index is 0.0592. The van der Waals surface area contributed by atoms with Crippen LogP contribution in [0, 0.1) is 0 Å². The molecular weight excluding hydrogens is 766 g/mol. The van der Waals surface area contributed by atoms with Crippen molar-refractivity contribution in [1.82, 2.24) is 9.55 Å². The van der Waals surface area contributed by atoms with Crippen LogP contribution in [0.3, 0.4) is 0 Å². The van der Waals surface area contributed by atoms with Crippen molar-refractivity contribution in [2.24, 2.45) is 0 Å². The van der Waals surface area contributed by atoms with Crippen LogP contribution in [-0.2, 0) is 27.8 Å². The highest BCUT2D eigenvalue weighted by Gasteiger charge is 2.36. The van der Waals surface area contributed by atoms with Crippen LogP contribution in [0.5, 0.6) is 11.5 Å². The summed E-state index contributed by atoms with van der Waals surface area (Å²) in [7, 11) is 0. The Morgan fingerprint density at radius 1 is 0.508 bits per heavy atom. The quantitative estimate of drug-likeness (QED) is 0.173. The first-order chi connectivity index (χ1) is 28.4. The monoisotopic (exact) mass is 822 g/mol. The van der Waals surface area contributed by atoms with Gasteiger partial charge in [-0.3, -0.25) is 4.57 Å². The average molecular weight is 823 g/mol. The summed E-state index contributed by atoms with van der Waals surface area (Å²) < 4.78 is 53.9. The largest absolute Gasteiger partial charge is 0.457 e. The topological polar surface area (TPSA) is 33.5 Å². The third-order valence-electron chi connectivity index (χ3n) is 11.9. The van der Waals surface area contributed by atoms with Crippen LogP contribution in [0.25, 0.3) is 27.6 Å². The maximum absolute atomic E-state index is 15.2. The normalized spacial score (nSPS) is 14.0. The van der Waals surface area contributed by atoms with Crippen molar-refractivity contribution >= 4 is 44.6 Å². The standard InChI is InChI=1S/C53H57F3N4O/c1-49(2,3)33-20-21-44-45(27-33)58(32-59(44)38-25-35(51(7,8)9)24-36(26-38)52(10,11)12)37-16-15-17-39(29-37)61-40-30-42(53(54,55)56)48-41-18-13-14-19-43(41)60(46(48)31-40)47-28-34(22-23-57-47)50(4,5)6/h13-31H,32H2,1-12H3. The van der Waals surface area contributed by atoms with Gasteiger partial charge in [0.1, 0.15) is 24.0 Å². The number of halogens is 3. The molecule has 0 saturated carbocycles. The van der Waals surface area contributed by atoms with Gasteiger partial charge in [-0.1, -0.05) is 119 Å². The Hall–Kier alpha value is -5.76. The second-order valence-electron chi connectivity index (χ2n) is 20.7. The van der Waals surface area contributed by atoms with Gasteiger partial charge >= 0.3 is 6.18 Å². The van der Waals surface area contributed by atoms with Gasteiger partial charge in [0.25, 0.3) is 0 Å². The van der Waals surface area contributed by atoms with Gasteiger partial charge in [-0.25, -0.2) is 4.98 Å². The lowest BCUT2D eigenvalue weighted by Gasteiger charge is -2.29. The van der Waals surface area contributed by atoms with E-state index in [1.807, 2.05) is 47.0 Å². The first-order valence-corrected chi connectivity index (χ1v) is 21.1. The third kappa shape index (κ3) is 7.97. The number of para-hydroxylation sites is 1. The van der Waals surface area contributed by atoms with Crippen molar-refractivity contribution in [3.8, 4) is 17.3 Å². The number of fused-ring (bicyclic) bond motifs is 4. The highest BCUT2D eigenvalue weighted by Crippen LogP contribution is 2.49. The van der Waals surface area contributed by atoms with Crippen molar-refractivity contribution in [2.45, 2.75) is 111 Å². The fraction of sp³-hybridized carbons (Fsp3) is 0.340. The molecule has 61 heavy (non-hydrogen) atoms. The lowest BCUT2D eigenvalue weighted by Crippen LogP contribution is -2.25. The van der Waals surface area contributed by atoms with Crippen LogP contribution in [0.2, 0.25) is 0 Å². The molecule has 0 radical (unpaired) electrons. The maximum atomic E-state index is 15.2. The van der Waals surface area contributed by atoms with Crippen LogP contribution in [-0.4, -0.2) is 16.2 Å². The number of ether oxygens (including phenoxy) is 1. The number of rotatable bonds is 5. The zero-order valence-electron chi connectivity index (χ0n) is 37.5. The van der Waals surface area contributed by atoms with Crippen LogP contribution in [0.1, 0.15) is 111 Å². The van der Waals surface area contributed by atoms with Gasteiger partial charge in [0.05, 0.1) is 28.0 Å². The van der Waals surface area contributed by atoms with Crippen molar-refractivity contribution in [3.05, 3.63) is 143 Å². The summed E-state index contributed by atoms with van der Waals surface area (Å²) in [6.07, 6.45) is -2.93. The van der Waals surface area contributed by atoms with Crippen molar-refractivity contribution in [2.75, 3.05) is 16.5 Å². The fourth-order valence-corrected chi connectivity index (χ4v) is 8.26. The number of aromatic nitrogens is 2. The predicted molar refractivity (Wildman–Crippen MR) is 247 cm³/mol. The Kier molecular flexibility index (Phi) is 9.92. The summed E-state index contributed by atoms with van der Waals surface area (Å²) in [6.45, 7) is 27.0. The highest BCUT2D eigenvalue weighted by molar-refractivity contribution is 6.11. The molecule has 0 spiro atoms. The molecule has 0 fully saturated rings. The Balaban J connectivity index is 1.25. The summed E-state index contributed by atoms with van der Waals surface area (Å²) >= 11 is 0. The van der Waals surface area contributed by atoms with Gasteiger partial charge in [-0.2, -0.15) is 13.2 Å². The Morgan fingerprint density at radius 3 is 1.77 bits per heavy atom. The minimum Gasteiger partial charge on any atom is -0.457 e. The molecule has 0 bridgehead atoms. The lowest BCUT2D eigenvalue weighted by atomic mass is 9.80. The molecule has 0 saturated heterocycles. The molecule has 0 amide bonds. The predicted octanol–water partition coefficient (Wildman–Crippen LogP) is 15.4. The zero-order valence-corrected chi connectivity index (χ0v) is 37.5. The molecule has 1 aliphatic rings. The SMILES string of the molecule is CC(C)(C)c1cc(N2CN(c3cccc(Oc4cc(C(F)(F)F)c5c6ccccc6n(-c6cc(C(C)(C)C)ccn6)c5c4)c3)c3cc(C(C)(C)C)ccc32)cc(C(C)(C)C)c1. The first kappa shape index (κ1) is 42.0. The van der Waals surface area contributed by atoms with Gasteiger partial charge in [0.2, 0.25) is 0 Å². The number of benzene rings is 5. The minimum atomic E-state index is -4.65. The molecule has 1 aliphatic heterocycles. The number of pyridine rings is 1. The van der Waals surface area contributed by atoms with Gasteiger partial charge in [0.15, 0.2) is 0 Å². The van der Waals surface area contributed by atoms with E-state index in [-0.39, 0.29) is 32.8 Å². The lowest BCUT2D eigenvalue weighted by molar-refractivity contribution is -0.136. The van der Waals surface area contributed by atoms with Crippen LogP contribution in [0.15, 0.2) is 115 Å². The second-order valence-corrected chi connectivity index (χ2v) is 20.7. The molecular formula is C53H57F3N4O. The Bertz CT molecular complexity index is 2770. The molecule has 3 heterocycles. The number of hydrogen-bond donors (Lipinski definition) is 0. The fourth-order valence-electron chi connectivity index (χ4n) is 8.26. The summed E-state index contributed by atoms with van der Waals surface area (Å²) in [6, 6.07) is 35.3. The third-order valence-corrected chi connectivity index (χ3v) is 11.9. The van der Waals surface area contributed by atoms with E-state index in [0.717, 1.165) is 34.4 Å². The molecule has 5 aromatic carbocycles. The average Bonchev–Trinajstić information content (AvgIpc) is 3.72. The summed E-state index contributed by atoms with van der Waals surface area (Å²) in [5, 5.41) is 0.608. The molecule has 316 valence electrons. The number of nitrogens with zero attached hydrogens (tertiary/aromatic N) is 4. The number of anilines is 4. The van der Waals surface area contributed by atoms with Crippen molar-refractivity contribution in [1.29, 1.82) is 0 Å². The molecule has 2 aromatic heterocycles. The summed E-state index contributed by atoms with van der Waals surface area (Å²) in [5.74, 6) is 1.05. The molecule has 0 N–H and O–H groups in total. The van der Waals surface area contributed by atoms with Gasteiger partial charge in [-0.15, -0.1) is 0 Å². The van der Waals surface area contributed by atoms with Gasteiger partial charge in [-0.05, 0) is 105 Å². The van der Waals surface area contributed by atoms with Gasteiger partial charge < -0.3 is 14.5 Å². The molecule has 0 unspecified atom stereocenters. The molecule has 0 aliphatic carbocycles. The van der Waals surface area contributed by atoms with Crippen LogP contribution < -0.4 is 14.5 Å². The van der Waals surface area contributed by atoms with Crippen molar-refractivity contribution in [3.63, 3.8) is 0 Å². The van der Waals surface area contributed by atoms with E-state index in [1.54, 1.807) is 30.5 Å². The maximum Gasteiger partial charge on any atom is 0.417 e. The van der Waals surface area contributed by atoms with E-state index >= 15 is 13.2 Å². The molecule has 7 aromatic rings. The Morgan fingerprint density at radius 2 is 1.13 bits per heavy atom. The van der Waals surface area contributed by atoms with E-state index in [1.165, 1.54) is 16.7 Å². The molecule has 8 rings (SSSR count). The van der Waals surface area contributed by atoms with E-state index in [2.05, 4.69) is 134 Å². The molecule has 5 nitrogen and oxygen atoms in total. The van der Waals surface area contributed by atoms with E-state index in [4.69, 9.17) is 4.74 Å². The summed E-state index contributed by atoms with van der Waals surface area (Å²) in [5.41, 5.74) is 8.72. The van der Waals surface area contributed by atoms with E-state index in [0.29, 0.717) is 34.7 Å². The van der Waals surface area contributed by atoms with Crippen molar-refractivity contribution < 1.29 is 17.9 Å². The van der Waals surface area contributed by atoms with E-state index in [9.17, 15) is 0 Å². The number of hydrogen-bond acceptors (Lipinski definition) is 4. The summed E-state index contributed by atoms with van der Waals surface area (Å²) in [4.78, 5) is 9.33. The zero-order chi connectivity index (χ0) is 44.0. The highest BCUT2D eigenvalue weighted by atomic mass is 19.4. The van der Waals surface area contributed by atoms with Gasteiger partial charge in [0, 0.05) is 40.5 Å². The van der Waals surface area contributed by atoms with E-state index < -0.39 is 11.7 Å². The first-order valence-electron chi connectivity index (χ1n) is 21.1. The van der Waals surface area contributed by atoms with Crippen LogP contribution >= 0.6 is 0 Å². The molecule has 8 heteroatoms.